The lowest BCUT2D eigenvalue weighted by Gasteiger charge is -2.06. The first kappa shape index (κ1) is 15.6. The first-order valence-electron chi connectivity index (χ1n) is 8.71. The van der Waals surface area contributed by atoms with Crippen molar-refractivity contribution < 1.29 is 9.47 Å². The Bertz CT molecular complexity index is 1210. The van der Waals surface area contributed by atoms with Crippen molar-refractivity contribution in [3.63, 3.8) is 0 Å². The van der Waals surface area contributed by atoms with Gasteiger partial charge in [-0.3, -0.25) is 9.78 Å². The summed E-state index contributed by atoms with van der Waals surface area (Å²) in [6.07, 6.45) is 2.43. The number of ether oxygens (including phenoxy) is 2. The molecular weight excluding hydrogens is 344 g/mol. The number of rotatable bonds is 3. The van der Waals surface area contributed by atoms with E-state index in [-0.39, 0.29) is 12.4 Å². The number of nitrogens with one attached hydrogen (secondary N) is 1. The molecule has 7 nitrogen and oxygen atoms in total. The smallest absolute Gasteiger partial charge is 0.274 e. The molecular formula is C20H16N4O3. The van der Waals surface area contributed by atoms with Crippen molar-refractivity contribution >= 4 is 5.65 Å². The second-order valence-electron chi connectivity index (χ2n) is 6.24. The zero-order valence-electron chi connectivity index (χ0n) is 14.6. The molecule has 7 heteroatoms. The van der Waals surface area contributed by atoms with Gasteiger partial charge in [0.05, 0.1) is 22.6 Å². The van der Waals surface area contributed by atoms with Gasteiger partial charge in [0, 0.05) is 17.8 Å². The fraction of sp³-hybridized carbons (Fsp3) is 0.150. The van der Waals surface area contributed by atoms with Crippen molar-refractivity contribution in [3.05, 3.63) is 64.7 Å². The molecule has 1 aliphatic heterocycles. The van der Waals surface area contributed by atoms with Gasteiger partial charge in [-0.1, -0.05) is 13.0 Å². The predicted molar refractivity (Wildman–Crippen MR) is 100.0 cm³/mol. The first-order valence-corrected chi connectivity index (χ1v) is 8.71. The van der Waals surface area contributed by atoms with Crippen LogP contribution in [0, 0.1) is 0 Å². The summed E-state index contributed by atoms with van der Waals surface area (Å²) in [6.45, 7) is 2.22. The molecule has 1 aliphatic rings. The molecule has 0 radical (unpaired) electrons. The van der Waals surface area contributed by atoms with E-state index in [1.54, 1.807) is 12.3 Å². The Balaban J connectivity index is 1.76. The van der Waals surface area contributed by atoms with Crippen molar-refractivity contribution in [3.8, 4) is 34.0 Å². The van der Waals surface area contributed by atoms with Crippen molar-refractivity contribution in [2.45, 2.75) is 13.3 Å². The SMILES string of the molecule is CCc1nn2c(=O)cc(-c3ccc4c(c3)OCO4)[nH]c2c1-c1ccccn1. The number of fused-ring (bicyclic) bond motifs is 2. The molecule has 0 unspecified atom stereocenters. The maximum absolute atomic E-state index is 12.7. The van der Waals surface area contributed by atoms with Gasteiger partial charge >= 0.3 is 0 Å². The molecule has 1 aromatic carbocycles. The van der Waals surface area contributed by atoms with E-state index in [1.807, 2.05) is 43.3 Å². The van der Waals surface area contributed by atoms with Gasteiger partial charge in [-0.25, -0.2) is 0 Å². The highest BCUT2D eigenvalue weighted by atomic mass is 16.7. The Morgan fingerprint density at radius 2 is 2.04 bits per heavy atom. The molecule has 0 spiro atoms. The van der Waals surface area contributed by atoms with E-state index in [2.05, 4.69) is 15.1 Å². The summed E-state index contributed by atoms with van der Waals surface area (Å²) in [4.78, 5) is 20.5. The minimum atomic E-state index is -0.201. The van der Waals surface area contributed by atoms with E-state index in [0.29, 0.717) is 29.3 Å². The van der Waals surface area contributed by atoms with E-state index in [9.17, 15) is 4.79 Å². The summed E-state index contributed by atoms with van der Waals surface area (Å²) in [5.74, 6) is 1.37. The van der Waals surface area contributed by atoms with Gasteiger partial charge < -0.3 is 14.5 Å². The highest BCUT2D eigenvalue weighted by Gasteiger charge is 2.19. The van der Waals surface area contributed by atoms with Crippen LogP contribution in [0.4, 0.5) is 0 Å². The lowest BCUT2D eigenvalue weighted by Crippen LogP contribution is -2.14. The summed E-state index contributed by atoms with van der Waals surface area (Å²) >= 11 is 0. The fourth-order valence-electron chi connectivity index (χ4n) is 3.33. The summed E-state index contributed by atoms with van der Waals surface area (Å²) in [7, 11) is 0. The molecule has 0 saturated carbocycles. The van der Waals surface area contributed by atoms with Crippen molar-refractivity contribution in [1.82, 2.24) is 19.6 Å². The minimum absolute atomic E-state index is 0.201. The molecule has 0 amide bonds. The second-order valence-corrected chi connectivity index (χ2v) is 6.24. The average molecular weight is 360 g/mol. The number of nitrogens with zero attached hydrogens (tertiary/aromatic N) is 3. The van der Waals surface area contributed by atoms with Crippen LogP contribution in [0.2, 0.25) is 0 Å². The van der Waals surface area contributed by atoms with E-state index >= 15 is 0 Å². The third kappa shape index (κ3) is 2.47. The van der Waals surface area contributed by atoms with Crippen LogP contribution in [0.1, 0.15) is 12.6 Å². The molecule has 4 aromatic rings. The summed E-state index contributed by atoms with van der Waals surface area (Å²) in [6, 6.07) is 12.8. The van der Waals surface area contributed by atoms with Crippen LogP contribution in [0.3, 0.4) is 0 Å². The van der Waals surface area contributed by atoms with Crippen molar-refractivity contribution in [2.75, 3.05) is 6.79 Å². The number of benzene rings is 1. The van der Waals surface area contributed by atoms with Gasteiger partial charge in [-0.2, -0.15) is 9.61 Å². The standard InChI is InChI=1S/C20H16N4O3/c1-2-13-19(14-5-3-4-8-21-14)20-22-15(10-18(25)24(20)23-13)12-6-7-16-17(9-12)27-11-26-16/h3-10,22H,2,11H2,1H3. The fourth-order valence-corrected chi connectivity index (χ4v) is 3.33. The first-order chi connectivity index (χ1) is 13.2. The number of aromatic nitrogens is 4. The lowest BCUT2D eigenvalue weighted by molar-refractivity contribution is 0.174. The van der Waals surface area contributed by atoms with E-state index in [1.165, 1.54) is 4.52 Å². The number of pyridine rings is 1. The molecule has 134 valence electrons. The summed E-state index contributed by atoms with van der Waals surface area (Å²) in [5.41, 5.74) is 4.40. The van der Waals surface area contributed by atoms with Crippen LogP contribution in [0.5, 0.6) is 11.5 Å². The van der Waals surface area contributed by atoms with Crippen LogP contribution in [0.15, 0.2) is 53.5 Å². The van der Waals surface area contributed by atoms with E-state index in [4.69, 9.17) is 9.47 Å². The molecule has 0 atom stereocenters. The topological polar surface area (TPSA) is 81.5 Å². The van der Waals surface area contributed by atoms with E-state index in [0.717, 1.165) is 22.5 Å². The molecule has 5 rings (SSSR count). The van der Waals surface area contributed by atoms with Gasteiger partial charge in [-0.15, -0.1) is 0 Å². The largest absolute Gasteiger partial charge is 0.454 e. The Kier molecular flexibility index (Phi) is 3.46. The summed E-state index contributed by atoms with van der Waals surface area (Å²) in [5, 5.41) is 4.49. The quantitative estimate of drug-likeness (QED) is 0.607. The van der Waals surface area contributed by atoms with Crippen LogP contribution in [0.25, 0.3) is 28.2 Å². The average Bonchev–Trinajstić information content (AvgIpc) is 3.32. The highest BCUT2D eigenvalue weighted by Crippen LogP contribution is 2.35. The molecule has 0 fully saturated rings. The zero-order valence-corrected chi connectivity index (χ0v) is 14.6. The number of hydrogen-bond acceptors (Lipinski definition) is 5. The molecule has 0 aliphatic carbocycles. The highest BCUT2D eigenvalue weighted by molar-refractivity contribution is 5.79. The van der Waals surface area contributed by atoms with Crippen LogP contribution >= 0.6 is 0 Å². The normalized spacial score (nSPS) is 12.6. The Morgan fingerprint density at radius 3 is 2.85 bits per heavy atom. The van der Waals surface area contributed by atoms with Crippen LogP contribution in [-0.4, -0.2) is 26.4 Å². The molecule has 3 aromatic heterocycles. The summed E-state index contributed by atoms with van der Waals surface area (Å²) < 4.78 is 12.2. The Hall–Kier alpha value is -3.61. The molecule has 1 N–H and O–H groups in total. The molecule has 4 heterocycles. The number of hydrogen-bond donors (Lipinski definition) is 1. The van der Waals surface area contributed by atoms with Crippen LogP contribution in [-0.2, 0) is 6.42 Å². The monoisotopic (exact) mass is 360 g/mol. The lowest BCUT2D eigenvalue weighted by atomic mass is 10.1. The van der Waals surface area contributed by atoms with Gasteiger partial charge in [0.25, 0.3) is 5.56 Å². The van der Waals surface area contributed by atoms with Gasteiger partial charge in [-0.05, 0) is 36.8 Å². The van der Waals surface area contributed by atoms with Crippen molar-refractivity contribution in [1.29, 1.82) is 0 Å². The Morgan fingerprint density at radius 1 is 1.15 bits per heavy atom. The molecule has 27 heavy (non-hydrogen) atoms. The third-order valence-electron chi connectivity index (χ3n) is 4.63. The number of H-pyrrole nitrogens is 1. The van der Waals surface area contributed by atoms with Gasteiger partial charge in [0.2, 0.25) is 6.79 Å². The second kappa shape index (κ2) is 5.98. The van der Waals surface area contributed by atoms with Gasteiger partial charge in [0.15, 0.2) is 11.5 Å². The Labute approximate surface area is 154 Å². The molecule has 0 saturated heterocycles. The van der Waals surface area contributed by atoms with Gasteiger partial charge in [0.1, 0.15) is 5.65 Å². The predicted octanol–water partition coefficient (Wildman–Crippen LogP) is 3.04. The number of aromatic amines is 1. The van der Waals surface area contributed by atoms with Crippen LogP contribution < -0.4 is 15.0 Å². The third-order valence-corrected chi connectivity index (χ3v) is 4.63. The van der Waals surface area contributed by atoms with E-state index < -0.39 is 0 Å². The maximum Gasteiger partial charge on any atom is 0.274 e. The zero-order chi connectivity index (χ0) is 18.4. The molecule has 0 bridgehead atoms. The maximum atomic E-state index is 12.7. The minimum Gasteiger partial charge on any atom is -0.454 e. The number of aryl methyl sites for hydroxylation is 1. The van der Waals surface area contributed by atoms with Crippen molar-refractivity contribution in [2.24, 2.45) is 0 Å².